The smallest absolute Gasteiger partial charge is 0.254 e. The quantitative estimate of drug-likeness (QED) is 0.612. The molecule has 0 spiro atoms. The molecule has 28 heavy (non-hydrogen) atoms. The Bertz CT molecular complexity index is 599. The fraction of sp³-hybridized carbons (Fsp3) is 0.619. The van der Waals surface area contributed by atoms with Crippen LogP contribution in [0.3, 0.4) is 0 Å². The maximum absolute atomic E-state index is 12.7. The molecule has 3 N–H and O–H groups in total. The molecule has 2 rings (SSSR count). The minimum atomic E-state index is 0. The van der Waals surface area contributed by atoms with E-state index in [1.807, 2.05) is 43.0 Å². The summed E-state index contributed by atoms with van der Waals surface area (Å²) in [4.78, 5) is 26.4. The number of benzene rings is 1. The van der Waals surface area contributed by atoms with Gasteiger partial charge in [0, 0.05) is 31.6 Å². The van der Waals surface area contributed by atoms with Gasteiger partial charge in [-0.3, -0.25) is 9.59 Å². The van der Waals surface area contributed by atoms with Crippen molar-refractivity contribution in [1.29, 1.82) is 0 Å². The van der Waals surface area contributed by atoms with E-state index in [4.69, 9.17) is 10.5 Å². The minimum Gasteiger partial charge on any atom is -0.372 e. The number of ether oxygens (including phenoxy) is 1. The molecule has 7 heteroatoms. The summed E-state index contributed by atoms with van der Waals surface area (Å²) in [5.74, 6) is 0.101. The first-order valence-electron chi connectivity index (χ1n) is 10.00. The van der Waals surface area contributed by atoms with Crippen molar-refractivity contribution in [2.75, 3.05) is 19.6 Å². The van der Waals surface area contributed by atoms with Crippen molar-refractivity contribution in [3.05, 3.63) is 35.4 Å². The highest BCUT2D eigenvalue weighted by Crippen LogP contribution is 2.15. The lowest BCUT2D eigenvalue weighted by atomic mass is 10.1. The van der Waals surface area contributed by atoms with E-state index in [-0.39, 0.29) is 36.4 Å². The van der Waals surface area contributed by atoms with Crippen LogP contribution in [0.25, 0.3) is 0 Å². The Balaban J connectivity index is 0.00000392. The van der Waals surface area contributed by atoms with Gasteiger partial charge in [0.25, 0.3) is 5.91 Å². The number of nitrogens with one attached hydrogen (secondary N) is 1. The number of halogens is 1. The molecular weight excluding hydrogens is 378 g/mol. The van der Waals surface area contributed by atoms with Crippen LogP contribution in [-0.2, 0) is 16.1 Å². The molecule has 2 atom stereocenters. The molecule has 0 radical (unpaired) electrons. The van der Waals surface area contributed by atoms with Crippen LogP contribution in [0.1, 0.15) is 61.9 Å². The van der Waals surface area contributed by atoms with Gasteiger partial charge < -0.3 is 20.7 Å². The Kier molecular flexibility index (Phi) is 11.1. The van der Waals surface area contributed by atoms with Gasteiger partial charge in [-0.05, 0) is 50.9 Å². The zero-order valence-corrected chi connectivity index (χ0v) is 17.8. The van der Waals surface area contributed by atoms with Gasteiger partial charge in [0.2, 0.25) is 5.91 Å². The minimum absolute atomic E-state index is 0. The molecule has 1 aromatic carbocycles. The standard InChI is InChI=1S/C21H33N3O3.ClH/c1-16-14-24(15-17(2)27-16)21(26)19-10-8-18(9-11-19)13-23-20(25)7-5-3-4-6-12-22;/h8-11,16-17H,3-7,12-15,22H2,1-2H3,(H,23,25);1H. The molecule has 1 aliphatic heterocycles. The molecule has 158 valence electrons. The summed E-state index contributed by atoms with van der Waals surface area (Å²) in [6.45, 7) is 6.41. The van der Waals surface area contributed by atoms with E-state index < -0.39 is 0 Å². The van der Waals surface area contributed by atoms with Crippen molar-refractivity contribution in [2.24, 2.45) is 5.73 Å². The molecule has 2 unspecified atom stereocenters. The van der Waals surface area contributed by atoms with Crippen molar-refractivity contribution in [3.8, 4) is 0 Å². The number of carbonyl (C=O) groups excluding carboxylic acids is 2. The second kappa shape index (κ2) is 12.8. The Labute approximate surface area is 174 Å². The van der Waals surface area contributed by atoms with Gasteiger partial charge in [0.15, 0.2) is 0 Å². The first-order chi connectivity index (χ1) is 13.0. The zero-order valence-electron chi connectivity index (χ0n) is 17.0. The van der Waals surface area contributed by atoms with Crippen molar-refractivity contribution in [1.82, 2.24) is 10.2 Å². The van der Waals surface area contributed by atoms with Gasteiger partial charge >= 0.3 is 0 Å². The second-order valence-electron chi connectivity index (χ2n) is 7.39. The highest BCUT2D eigenvalue weighted by atomic mass is 35.5. The van der Waals surface area contributed by atoms with Crippen LogP contribution in [-0.4, -0.2) is 48.6 Å². The summed E-state index contributed by atoms with van der Waals surface area (Å²) in [6.07, 6.45) is 4.71. The second-order valence-corrected chi connectivity index (χ2v) is 7.39. The zero-order chi connectivity index (χ0) is 19.6. The number of morpholine rings is 1. The highest BCUT2D eigenvalue weighted by molar-refractivity contribution is 5.94. The fourth-order valence-corrected chi connectivity index (χ4v) is 3.36. The molecule has 1 fully saturated rings. The van der Waals surface area contributed by atoms with Gasteiger partial charge in [0.1, 0.15) is 0 Å². The average Bonchev–Trinajstić information content (AvgIpc) is 2.65. The number of nitrogens with zero attached hydrogens (tertiary/aromatic N) is 1. The van der Waals surface area contributed by atoms with Crippen molar-refractivity contribution in [3.63, 3.8) is 0 Å². The number of rotatable bonds is 9. The van der Waals surface area contributed by atoms with Crippen LogP contribution in [0.2, 0.25) is 0 Å². The third kappa shape index (κ3) is 8.17. The summed E-state index contributed by atoms with van der Waals surface area (Å²) in [5.41, 5.74) is 7.12. The molecule has 1 aliphatic rings. The van der Waals surface area contributed by atoms with Crippen LogP contribution in [0.15, 0.2) is 24.3 Å². The number of carbonyl (C=O) groups is 2. The maximum Gasteiger partial charge on any atom is 0.254 e. The van der Waals surface area contributed by atoms with E-state index in [0.29, 0.717) is 38.2 Å². The monoisotopic (exact) mass is 411 g/mol. The van der Waals surface area contributed by atoms with Gasteiger partial charge in [-0.1, -0.05) is 25.0 Å². The lowest BCUT2D eigenvalue weighted by molar-refractivity contribution is -0.121. The molecule has 6 nitrogen and oxygen atoms in total. The molecule has 1 aromatic rings. The van der Waals surface area contributed by atoms with E-state index in [1.54, 1.807) is 0 Å². The normalized spacial score (nSPS) is 19.0. The van der Waals surface area contributed by atoms with Crippen molar-refractivity contribution < 1.29 is 14.3 Å². The Morgan fingerprint density at radius 2 is 1.68 bits per heavy atom. The van der Waals surface area contributed by atoms with Crippen LogP contribution in [0.5, 0.6) is 0 Å². The van der Waals surface area contributed by atoms with E-state index in [0.717, 1.165) is 31.2 Å². The first-order valence-corrected chi connectivity index (χ1v) is 10.00. The number of amides is 2. The molecular formula is C21H34ClN3O3. The highest BCUT2D eigenvalue weighted by Gasteiger charge is 2.26. The van der Waals surface area contributed by atoms with E-state index in [2.05, 4.69) is 5.32 Å². The predicted octanol–water partition coefficient (Wildman–Crippen LogP) is 2.88. The van der Waals surface area contributed by atoms with E-state index in [1.165, 1.54) is 0 Å². The number of hydrogen-bond acceptors (Lipinski definition) is 4. The maximum atomic E-state index is 12.7. The SMILES string of the molecule is CC1CN(C(=O)c2ccc(CNC(=O)CCCCCCN)cc2)CC(C)O1.Cl. The van der Waals surface area contributed by atoms with Crippen molar-refractivity contribution in [2.45, 2.75) is 64.7 Å². The van der Waals surface area contributed by atoms with Crippen LogP contribution in [0.4, 0.5) is 0 Å². The molecule has 0 bridgehead atoms. The third-order valence-corrected chi connectivity index (χ3v) is 4.76. The van der Waals surface area contributed by atoms with E-state index in [9.17, 15) is 9.59 Å². The van der Waals surface area contributed by atoms with Crippen LogP contribution < -0.4 is 11.1 Å². The predicted molar refractivity (Wildman–Crippen MR) is 114 cm³/mol. The summed E-state index contributed by atoms with van der Waals surface area (Å²) >= 11 is 0. The Hall–Kier alpha value is -1.63. The summed E-state index contributed by atoms with van der Waals surface area (Å²) in [5, 5.41) is 2.94. The summed E-state index contributed by atoms with van der Waals surface area (Å²) in [7, 11) is 0. The molecule has 1 heterocycles. The fourth-order valence-electron chi connectivity index (χ4n) is 3.36. The van der Waals surface area contributed by atoms with Gasteiger partial charge in [0.05, 0.1) is 12.2 Å². The topological polar surface area (TPSA) is 84.7 Å². The first kappa shape index (κ1) is 24.4. The van der Waals surface area contributed by atoms with Crippen LogP contribution in [0, 0.1) is 0 Å². The van der Waals surface area contributed by atoms with Gasteiger partial charge in [-0.25, -0.2) is 0 Å². The molecule has 0 saturated carbocycles. The molecule has 2 amide bonds. The average molecular weight is 412 g/mol. The number of hydrogen-bond donors (Lipinski definition) is 2. The number of unbranched alkanes of at least 4 members (excludes halogenated alkanes) is 3. The Morgan fingerprint density at radius 3 is 2.29 bits per heavy atom. The van der Waals surface area contributed by atoms with E-state index >= 15 is 0 Å². The summed E-state index contributed by atoms with van der Waals surface area (Å²) < 4.78 is 5.68. The molecule has 0 aliphatic carbocycles. The molecule has 0 aromatic heterocycles. The Morgan fingerprint density at radius 1 is 1.07 bits per heavy atom. The molecule has 1 saturated heterocycles. The van der Waals surface area contributed by atoms with Gasteiger partial charge in [-0.2, -0.15) is 0 Å². The summed E-state index contributed by atoms with van der Waals surface area (Å²) in [6, 6.07) is 7.48. The van der Waals surface area contributed by atoms with Crippen LogP contribution >= 0.6 is 12.4 Å². The lowest BCUT2D eigenvalue weighted by Gasteiger charge is -2.35. The largest absolute Gasteiger partial charge is 0.372 e. The third-order valence-electron chi connectivity index (χ3n) is 4.76. The van der Waals surface area contributed by atoms with Gasteiger partial charge in [-0.15, -0.1) is 12.4 Å². The van der Waals surface area contributed by atoms with Crippen molar-refractivity contribution >= 4 is 24.2 Å². The lowest BCUT2D eigenvalue weighted by Crippen LogP contribution is -2.48. The number of nitrogens with two attached hydrogens (primary N) is 1.